The van der Waals surface area contributed by atoms with E-state index in [0.29, 0.717) is 0 Å². The molecule has 0 saturated carbocycles. The van der Waals surface area contributed by atoms with Gasteiger partial charge >= 0.3 is 5.97 Å². The van der Waals surface area contributed by atoms with Gasteiger partial charge in [-0.25, -0.2) is 0 Å². The van der Waals surface area contributed by atoms with Crippen molar-refractivity contribution < 1.29 is 9.53 Å². The number of piperidine rings is 1. The Morgan fingerprint density at radius 1 is 1.39 bits per heavy atom. The number of nitrogens with zero attached hydrogens (tertiary/aromatic N) is 1. The van der Waals surface area contributed by atoms with Crippen molar-refractivity contribution in [2.24, 2.45) is 11.3 Å². The van der Waals surface area contributed by atoms with E-state index in [1.54, 1.807) is 0 Å². The molecule has 0 spiro atoms. The van der Waals surface area contributed by atoms with Crippen LogP contribution in [0, 0.1) is 11.3 Å². The molecule has 1 heterocycles. The van der Waals surface area contributed by atoms with Gasteiger partial charge in [-0.2, -0.15) is 0 Å². The van der Waals surface area contributed by atoms with Gasteiger partial charge in [0.25, 0.3) is 0 Å². The molecule has 0 radical (unpaired) electrons. The van der Waals surface area contributed by atoms with Crippen LogP contribution in [-0.4, -0.2) is 50.7 Å². The van der Waals surface area contributed by atoms with Crippen LogP contribution in [0.15, 0.2) is 0 Å². The number of hydrogen-bond acceptors (Lipinski definition) is 4. The van der Waals surface area contributed by atoms with Crippen molar-refractivity contribution in [2.75, 3.05) is 39.8 Å². The molecule has 106 valence electrons. The molecule has 1 aliphatic rings. The van der Waals surface area contributed by atoms with Gasteiger partial charge in [-0.1, -0.05) is 6.92 Å². The van der Waals surface area contributed by atoms with Gasteiger partial charge < -0.3 is 15.0 Å². The lowest BCUT2D eigenvalue weighted by Gasteiger charge is -2.36. The van der Waals surface area contributed by atoms with Gasteiger partial charge in [0.05, 0.1) is 12.5 Å². The van der Waals surface area contributed by atoms with Crippen LogP contribution in [0.25, 0.3) is 0 Å². The molecule has 4 heteroatoms. The molecule has 0 bridgehead atoms. The molecule has 0 atom stereocenters. The first-order valence-electron chi connectivity index (χ1n) is 7.01. The minimum atomic E-state index is -0.400. The number of esters is 1. The SMILES string of the molecule is CCNCC1CCN(CC(C)(C)C(=O)OC)CC1. The molecule has 1 fully saturated rings. The summed E-state index contributed by atoms with van der Waals surface area (Å²) in [6.07, 6.45) is 2.45. The summed E-state index contributed by atoms with van der Waals surface area (Å²) in [7, 11) is 1.47. The van der Waals surface area contributed by atoms with E-state index in [2.05, 4.69) is 17.1 Å². The van der Waals surface area contributed by atoms with Gasteiger partial charge in [0.2, 0.25) is 0 Å². The fraction of sp³-hybridized carbons (Fsp3) is 0.929. The highest BCUT2D eigenvalue weighted by atomic mass is 16.5. The second-order valence-corrected chi connectivity index (χ2v) is 5.90. The first-order valence-corrected chi connectivity index (χ1v) is 7.01. The van der Waals surface area contributed by atoms with Gasteiger partial charge in [0.15, 0.2) is 0 Å². The van der Waals surface area contributed by atoms with E-state index in [1.165, 1.54) is 20.0 Å². The monoisotopic (exact) mass is 256 g/mol. The van der Waals surface area contributed by atoms with Crippen LogP contribution < -0.4 is 5.32 Å². The zero-order chi connectivity index (χ0) is 13.6. The van der Waals surface area contributed by atoms with Crippen LogP contribution >= 0.6 is 0 Å². The Bertz CT molecular complexity index is 259. The summed E-state index contributed by atoms with van der Waals surface area (Å²) in [5.41, 5.74) is -0.400. The Kier molecular flexibility index (Phi) is 6.09. The van der Waals surface area contributed by atoms with Gasteiger partial charge in [-0.3, -0.25) is 4.79 Å². The first kappa shape index (κ1) is 15.4. The van der Waals surface area contributed by atoms with Crippen molar-refractivity contribution >= 4 is 5.97 Å². The van der Waals surface area contributed by atoms with Crippen molar-refractivity contribution in [1.29, 1.82) is 0 Å². The van der Waals surface area contributed by atoms with E-state index >= 15 is 0 Å². The Labute approximate surface area is 111 Å². The van der Waals surface area contributed by atoms with Crippen LogP contribution in [0.2, 0.25) is 0 Å². The number of likely N-dealkylation sites (tertiary alicyclic amines) is 1. The minimum Gasteiger partial charge on any atom is -0.469 e. The van der Waals surface area contributed by atoms with Crippen molar-refractivity contribution in [3.63, 3.8) is 0 Å². The fourth-order valence-electron chi connectivity index (χ4n) is 2.60. The molecule has 1 N–H and O–H groups in total. The van der Waals surface area contributed by atoms with Gasteiger partial charge in [-0.05, 0) is 58.8 Å². The van der Waals surface area contributed by atoms with Gasteiger partial charge in [0.1, 0.15) is 0 Å². The summed E-state index contributed by atoms with van der Waals surface area (Å²) in [4.78, 5) is 14.0. The molecule has 1 saturated heterocycles. The lowest BCUT2D eigenvalue weighted by atomic mass is 9.90. The molecule has 1 rings (SSSR count). The molecule has 1 aliphatic heterocycles. The van der Waals surface area contributed by atoms with Crippen molar-refractivity contribution in [2.45, 2.75) is 33.6 Å². The van der Waals surface area contributed by atoms with E-state index in [4.69, 9.17) is 4.74 Å². The molecule has 0 aromatic carbocycles. The normalized spacial score (nSPS) is 18.9. The second-order valence-electron chi connectivity index (χ2n) is 5.90. The zero-order valence-electron chi connectivity index (χ0n) is 12.3. The summed E-state index contributed by atoms with van der Waals surface area (Å²) in [6, 6.07) is 0. The third kappa shape index (κ3) is 4.58. The fourth-order valence-corrected chi connectivity index (χ4v) is 2.60. The first-order chi connectivity index (χ1) is 8.49. The number of ether oxygens (including phenoxy) is 1. The summed E-state index contributed by atoms with van der Waals surface area (Å²) < 4.78 is 4.86. The average molecular weight is 256 g/mol. The molecule has 0 aromatic rings. The van der Waals surface area contributed by atoms with Gasteiger partial charge in [0, 0.05) is 6.54 Å². The molecule has 0 aromatic heterocycles. The van der Waals surface area contributed by atoms with E-state index in [1.807, 2.05) is 13.8 Å². The number of nitrogens with one attached hydrogen (secondary N) is 1. The molecular weight excluding hydrogens is 228 g/mol. The highest BCUT2D eigenvalue weighted by molar-refractivity contribution is 5.76. The summed E-state index contributed by atoms with van der Waals surface area (Å²) in [5, 5.41) is 3.42. The van der Waals surface area contributed by atoms with E-state index in [9.17, 15) is 4.79 Å². The van der Waals surface area contributed by atoms with Crippen molar-refractivity contribution in [3.8, 4) is 0 Å². The number of carbonyl (C=O) groups excluding carboxylic acids is 1. The van der Waals surface area contributed by atoms with Crippen LogP contribution in [0.3, 0.4) is 0 Å². The standard InChI is InChI=1S/C14H28N2O2/c1-5-15-10-12-6-8-16(9-7-12)11-14(2,3)13(17)18-4/h12,15H,5-11H2,1-4H3. The maximum absolute atomic E-state index is 11.7. The largest absolute Gasteiger partial charge is 0.469 e. The van der Waals surface area contributed by atoms with Crippen molar-refractivity contribution in [1.82, 2.24) is 10.2 Å². The minimum absolute atomic E-state index is 0.114. The van der Waals surface area contributed by atoms with Crippen LogP contribution in [0.5, 0.6) is 0 Å². The topological polar surface area (TPSA) is 41.6 Å². The molecule has 0 amide bonds. The van der Waals surface area contributed by atoms with E-state index in [0.717, 1.165) is 38.6 Å². The number of methoxy groups -OCH3 is 1. The summed E-state index contributed by atoms with van der Waals surface area (Å²) >= 11 is 0. The number of carbonyl (C=O) groups is 1. The zero-order valence-corrected chi connectivity index (χ0v) is 12.3. The van der Waals surface area contributed by atoms with E-state index < -0.39 is 5.41 Å². The van der Waals surface area contributed by atoms with Gasteiger partial charge in [-0.15, -0.1) is 0 Å². The Morgan fingerprint density at radius 3 is 2.50 bits per heavy atom. The Hall–Kier alpha value is -0.610. The maximum Gasteiger partial charge on any atom is 0.312 e. The Balaban J connectivity index is 2.33. The highest BCUT2D eigenvalue weighted by Crippen LogP contribution is 2.23. The molecule has 0 aliphatic carbocycles. The molecule has 0 unspecified atom stereocenters. The molecule has 18 heavy (non-hydrogen) atoms. The van der Waals surface area contributed by atoms with E-state index in [-0.39, 0.29) is 5.97 Å². The predicted molar refractivity (Wildman–Crippen MR) is 73.5 cm³/mol. The Morgan fingerprint density at radius 2 is 2.00 bits per heavy atom. The second kappa shape index (κ2) is 7.10. The molecule has 4 nitrogen and oxygen atoms in total. The van der Waals surface area contributed by atoms with Crippen LogP contribution in [0.4, 0.5) is 0 Å². The highest BCUT2D eigenvalue weighted by Gasteiger charge is 2.32. The third-order valence-corrected chi connectivity index (χ3v) is 3.75. The van der Waals surface area contributed by atoms with Crippen molar-refractivity contribution in [3.05, 3.63) is 0 Å². The third-order valence-electron chi connectivity index (χ3n) is 3.75. The van der Waals surface area contributed by atoms with Crippen LogP contribution in [0.1, 0.15) is 33.6 Å². The average Bonchev–Trinajstić information content (AvgIpc) is 2.36. The number of hydrogen-bond donors (Lipinski definition) is 1. The summed E-state index contributed by atoms with van der Waals surface area (Å²) in [6.45, 7) is 11.2. The smallest absolute Gasteiger partial charge is 0.312 e. The molecular formula is C14H28N2O2. The predicted octanol–water partition coefficient (Wildman–Crippen LogP) is 1.51. The maximum atomic E-state index is 11.7. The summed E-state index contributed by atoms with van der Waals surface area (Å²) in [5.74, 6) is 0.680. The lowest BCUT2D eigenvalue weighted by Crippen LogP contribution is -2.44. The van der Waals surface area contributed by atoms with Crippen LogP contribution in [-0.2, 0) is 9.53 Å². The number of rotatable bonds is 6. The lowest BCUT2D eigenvalue weighted by molar-refractivity contribution is -0.152. The quantitative estimate of drug-likeness (QED) is 0.731.